The molecule has 0 N–H and O–H groups in total. The van der Waals surface area contributed by atoms with Crippen molar-refractivity contribution < 1.29 is 22.7 Å². The van der Waals surface area contributed by atoms with Crippen molar-refractivity contribution in [1.82, 2.24) is 4.31 Å². The van der Waals surface area contributed by atoms with Gasteiger partial charge in [0.05, 0.1) is 24.7 Å². The fourth-order valence-corrected chi connectivity index (χ4v) is 4.64. The van der Waals surface area contributed by atoms with Gasteiger partial charge in [0.15, 0.2) is 0 Å². The molecule has 3 atom stereocenters. The Bertz CT molecular complexity index is 891. The van der Waals surface area contributed by atoms with Crippen LogP contribution in [0.25, 0.3) is 0 Å². The lowest BCUT2D eigenvalue weighted by atomic mass is 10.1. The highest BCUT2D eigenvalue weighted by Gasteiger charge is 2.61. The molecule has 2 aromatic carbocycles. The lowest BCUT2D eigenvalue weighted by Crippen LogP contribution is -2.21. The standard InChI is InChI=1S/C19H21NO5S/c1-4-25-19(21)18-17(14-7-9-15(24-3)10-8-14)20(18)26(22,23)16-11-5-13(2)6-12-16/h5-12,17-18H,4H2,1-3H3/t17-,18+,20?/m0/s1. The molecule has 138 valence electrons. The van der Waals surface area contributed by atoms with Crippen LogP contribution in [0.2, 0.25) is 0 Å². The smallest absolute Gasteiger partial charge is 0.326 e. The maximum Gasteiger partial charge on any atom is 0.326 e. The average Bonchev–Trinajstić information content (AvgIpc) is 3.39. The highest BCUT2D eigenvalue weighted by atomic mass is 32.2. The van der Waals surface area contributed by atoms with E-state index >= 15 is 0 Å². The van der Waals surface area contributed by atoms with Crippen molar-refractivity contribution in [3.63, 3.8) is 0 Å². The Kier molecular flexibility index (Phi) is 5.02. The second kappa shape index (κ2) is 7.09. The second-order valence-electron chi connectivity index (χ2n) is 6.06. The first kappa shape index (κ1) is 18.4. The third-order valence-corrected chi connectivity index (χ3v) is 6.22. The highest BCUT2D eigenvalue weighted by Crippen LogP contribution is 2.48. The molecule has 0 aromatic heterocycles. The van der Waals surface area contributed by atoms with Crippen LogP contribution in [-0.4, -0.2) is 38.5 Å². The molecule has 1 saturated heterocycles. The fourth-order valence-electron chi connectivity index (χ4n) is 2.93. The number of methoxy groups -OCH3 is 1. The number of nitrogens with zero attached hydrogens (tertiary/aromatic N) is 1. The third kappa shape index (κ3) is 3.32. The number of benzene rings is 2. The van der Waals surface area contributed by atoms with E-state index in [0.29, 0.717) is 5.75 Å². The highest BCUT2D eigenvalue weighted by molar-refractivity contribution is 7.89. The summed E-state index contributed by atoms with van der Waals surface area (Å²) >= 11 is 0. The van der Waals surface area contributed by atoms with Crippen molar-refractivity contribution in [2.45, 2.75) is 30.8 Å². The van der Waals surface area contributed by atoms with Gasteiger partial charge in [-0.25, -0.2) is 8.42 Å². The molecule has 6 nitrogen and oxygen atoms in total. The molecule has 1 unspecified atom stereocenters. The van der Waals surface area contributed by atoms with Gasteiger partial charge in [-0.3, -0.25) is 4.79 Å². The van der Waals surface area contributed by atoms with E-state index < -0.39 is 28.1 Å². The summed E-state index contributed by atoms with van der Waals surface area (Å²) in [4.78, 5) is 12.5. The Balaban J connectivity index is 1.96. The molecular weight excluding hydrogens is 354 g/mol. The summed E-state index contributed by atoms with van der Waals surface area (Å²) in [6.07, 6.45) is 0. The first-order chi connectivity index (χ1) is 12.4. The summed E-state index contributed by atoms with van der Waals surface area (Å²) in [5, 5.41) is 0. The zero-order chi connectivity index (χ0) is 18.9. The summed E-state index contributed by atoms with van der Waals surface area (Å²) in [7, 11) is -2.25. The fraction of sp³-hybridized carbons (Fsp3) is 0.316. The number of rotatable bonds is 6. The van der Waals surface area contributed by atoms with E-state index in [2.05, 4.69) is 0 Å². The molecule has 1 fully saturated rings. The van der Waals surface area contributed by atoms with Crippen molar-refractivity contribution in [2.75, 3.05) is 13.7 Å². The number of aryl methyl sites for hydroxylation is 1. The minimum Gasteiger partial charge on any atom is -0.497 e. The lowest BCUT2D eigenvalue weighted by molar-refractivity contribution is -0.143. The van der Waals surface area contributed by atoms with Gasteiger partial charge < -0.3 is 9.47 Å². The number of esters is 1. The largest absolute Gasteiger partial charge is 0.497 e. The molecule has 0 bridgehead atoms. The molecule has 2 aromatic rings. The minimum atomic E-state index is -3.81. The van der Waals surface area contributed by atoms with Crippen LogP contribution in [-0.2, 0) is 19.6 Å². The summed E-state index contributed by atoms with van der Waals surface area (Å²) in [6, 6.07) is 12.2. The Morgan fingerprint density at radius 2 is 1.69 bits per heavy atom. The SMILES string of the molecule is CCOC(=O)[C@H]1[C@H](c2ccc(OC)cc2)N1S(=O)(=O)c1ccc(C)cc1. The number of hydrogen-bond acceptors (Lipinski definition) is 5. The van der Waals surface area contributed by atoms with Gasteiger partial charge in [-0.1, -0.05) is 29.8 Å². The van der Waals surface area contributed by atoms with Crippen molar-refractivity contribution in [2.24, 2.45) is 0 Å². The van der Waals surface area contributed by atoms with E-state index in [9.17, 15) is 13.2 Å². The topological polar surface area (TPSA) is 72.7 Å². The van der Waals surface area contributed by atoms with Crippen LogP contribution < -0.4 is 4.74 Å². The molecular formula is C19H21NO5S. The van der Waals surface area contributed by atoms with Gasteiger partial charge in [0.2, 0.25) is 10.0 Å². The summed E-state index contributed by atoms with van der Waals surface area (Å²) in [5.74, 6) is 0.124. The predicted molar refractivity (Wildman–Crippen MR) is 96.4 cm³/mol. The van der Waals surface area contributed by atoms with Gasteiger partial charge in [-0.2, -0.15) is 4.31 Å². The van der Waals surface area contributed by atoms with Crippen LogP contribution in [0.5, 0.6) is 5.75 Å². The molecule has 3 rings (SSSR count). The molecule has 1 aliphatic heterocycles. The Hall–Kier alpha value is -2.38. The van der Waals surface area contributed by atoms with Crippen molar-refractivity contribution in [3.05, 3.63) is 59.7 Å². The van der Waals surface area contributed by atoms with Gasteiger partial charge in [0.25, 0.3) is 0 Å². The second-order valence-corrected chi connectivity index (χ2v) is 7.91. The molecule has 1 heterocycles. The van der Waals surface area contributed by atoms with E-state index in [4.69, 9.17) is 9.47 Å². The number of carbonyl (C=O) groups excluding carboxylic acids is 1. The summed E-state index contributed by atoms with van der Waals surface area (Å²) in [6.45, 7) is 3.78. The summed E-state index contributed by atoms with van der Waals surface area (Å²) in [5.41, 5.74) is 1.68. The zero-order valence-electron chi connectivity index (χ0n) is 14.9. The molecule has 0 aliphatic carbocycles. The van der Waals surface area contributed by atoms with Gasteiger partial charge in [0.1, 0.15) is 11.8 Å². The number of sulfonamides is 1. The van der Waals surface area contributed by atoms with Crippen LogP contribution in [0, 0.1) is 6.92 Å². The van der Waals surface area contributed by atoms with Crippen LogP contribution >= 0.6 is 0 Å². The van der Waals surface area contributed by atoms with Gasteiger partial charge in [-0.05, 0) is 43.7 Å². The molecule has 1 aliphatic rings. The maximum atomic E-state index is 13.0. The van der Waals surface area contributed by atoms with Gasteiger partial charge in [-0.15, -0.1) is 0 Å². The van der Waals surface area contributed by atoms with Crippen molar-refractivity contribution >= 4 is 16.0 Å². The lowest BCUT2D eigenvalue weighted by Gasteiger charge is -2.07. The van der Waals surface area contributed by atoms with Crippen LogP contribution in [0.15, 0.2) is 53.4 Å². The monoisotopic (exact) mass is 375 g/mol. The van der Waals surface area contributed by atoms with Crippen LogP contribution in [0.3, 0.4) is 0 Å². The normalized spacial score (nSPS) is 21.9. The average molecular weight is 375 g/mol. The summed E-state index contributed by atoms with van der Waals surface area (Å²) < 4.78 is 37.5. The zero-order valence-corrected chi connectivity index (χ0v) is 15.7. The quantitative estimate of drug-likeness (QED) is 0.573. The van der Waals surface area contributed by atoms with E-state index in [0.717, 1.165) is 11.1 Å². The predicted octanol–water partition coefficient (Wildman–Crippen LogP) is 2.68. The van der Waals surface area contributed by atoms with Gasteiger partial charge >= 0.3 is 5.97 Å². The van der Waals surface area contributed by atoms with Gasteiger partial charge in [0, 0.05) is 0 Å². The molecule has 0 radical (unpaired) electrons. The van der Waals surface area contributed by atoms with E-state index in [1.54, 1.807) is 62.6 Å². The molecule has 0 saturated carbocycles. The first-order valence-electron chi connectivity index (χ1n) is 8.31. The van der Waals surface area contributed by atoms with Crippen molar-refractivity contribution in [1.29, 1.82) is 0 Å². The maximum absolute atomic E-state index is 13.0. The Morgan fingerprint density at radius 1 is 1.08 bits per heavy atom. The van der Waals surface area contributed by atoms with E-state index in [1.807, 2.05) is 6.92 Å². The molecule has 7 heteroatoms. The Morgan fingerprint density at radius 3 is 2.23 bits per heavy atom. The van der Waals surface area contributed by atoms with Crippen LogP contribution in [0.1, 0.15) is 24.1 Å². The third-order valence-electron chi connectivity index (χ3n) is 4.34. The minimum absolute atomic E-state index is 0.161. The molecule has 0 spiro atoms. The first-order valence-corrected chi connectivity index (χ1v) is 9.75. The number of carbonyl (C=O) groups is 1. The van der Waals surface area contributed by atoms with Crippen LogP contribution in [0.4, 0.5) is 0 Å². The van der Waals surface area contributed by atoms with E-state index in [-0.39, 0.29) is 11.5 Å². The number of hydrogen-bond donors (Lipinski definition) is 0. The molecule has 26 heavy (non-hydrogen) atoms. The Labute approximate surface area is 153 Å². The van der Waals surface area contributed by atoms with Crippen molar-refractivity contribution in [3.8, 4) is 5.75 Å². The molecule has 0 amide bonds. The number of ether oxygens (including phenoxy) is 2. The van der Waals surface area contributed by atoms with E-state index in [1.165, 1.54) is 4.31 Å².